The number of carbonyl (C=O) groups excluding carboxylic acids is 3. The first-order chi connectivity index (χ1) is 30.0. The van der Waals surface area contributed by atoms with E-state index in [1.807, 2.05) is 0 Å². The summed E-state index contributed by atoms with van der Waals surface area (Å²) in [4.78, 5) is 37.6. The lowest BCUT2D eigenvalue weighted by Gasteiger charge is -2.18. The van der Waals surface area contributed by atoms with E-state index in [-0.39, 0.29) is 31.1 Å². The van der Waals surface area contributed by atoms with E-state index in [0.717, 1.165) is 122 Å². The van der Waals surface area contributed by atoms with Crippen LogP contribution in [0.3, 0.4) is 0 Å². The molecule has 1 unspecified atom stereocenters. The molecule has 0 radical (unpaired) electrons. The molecule has 0 saturated heterocycles. The normalized spacial score (nSPS) is 12.8. The Bertz CT molecular complexity index is 1200. The van der Waals surface area contributed by atoms with Crippen LogP contribution < -0.4 is 0 Å². The van der Waals surface area contributed by atoms with Gasteiger partial charge in [0.05, 0.1) is 0 Å². The summed E-state index contributed by atoms with van der Waals surface area (Å²) < 4.78 is 16.6. The van der Waals surface area contributed by atoms with Gasteiger partial charge < -0.3 is 14.2 Å². The predicted octanol–water partition coefficient (Wildman–Crippen LogP) is 16.4. The first kappa shape index (κ1) is 57.6. The van der Waals surface area contributed by atoms with Crippen LogP contribution in [0, 0.1) is 0 Å². The van der Waals surface area contributed by atoms with E-state index < -0.39 is 6.10 Å². The molecule has 348 valence electrons. The molecule has 0 aromatic carbocycles. The Morgan fingerprint density at radius 2 is 0.639 bits per heavy atom. The smallest absolute Gasteiger partial charge is 0.306 e. The van der Waals surface area contributed by atoms with E-state index in [2.05, 4.69) is 106 Å². The molecule has 0 fully saturated rings. The van der Waals surface area contributed by atoms with Gasteiger partial charge >= 0.3 is 17.9 Å². The molecule has 61 heavy (non-hydrogen) atoms. The van der Waals surface area contributed by atoms with Crippen LogP contribution in [0.25, 0.3) is 0 Å². The van der Waals surface area contributed by atoms with Gasteiger partial charge in [-0.3, -0.25) is 14.4 Å². The molecule has 0 aromatic heterocycles. The fraction of sp³-hybridized carbons (Fsp3) is 0.691. The van der Waals surface area contributed by atoms with E-state index in [1.54, 1.807) is 0 Å². The van der Waals surface area contributed by atoms with Crippen molar-refractivity contribution in [3.63, 3.8) is 0 Å². The zero-order valence-electron chi connectivity index (χ0n) is 39.7. The van der Waals surface area contributed by atoms with Crippen molar-refractivity contribution in [3.8, 4) is 0 Å². The highest BCUT2D eigenvalue weighted by Crippen LogP contribution is 2.14. The summed E-state index contributed by atoms with van der Waals surface area (Å²) in [6.07, 6.45) is 63.1. The lowest BCUT2D eigenvalue weighted by molar-refractivity contribution is -0.167. The summed E-state index contributed by atoms with van der Waals surface area (Å²) in [7, 11) is 0. The second-order valence-electron chi connectivity index (χ2n) is 16.4. The van der Waals surface area contributed by atoms with Crippen LogP contribution in [0.15, 0.2) is 85.1 Å². The van der Waals surface area contributed by atoms with Crippen molar-refractivity contribution >= 4 is 17.9 Å². The van der Waals surface area contributed by atoms with E-state index in [0.29, 0.717) is 19.3 Å². The Kier molecular flexibility index (Phi) is 46.5. The average molecular weight is 849 g/mol. The minimum absolute atomic E-state index is 0.0814. The van der Waals surface area contributed by atoms with Crippen molar-refractivity contribution in [1.29, 1.82) is 0 Å². The van der Waals surface area contributed by atoms with Crippen LogP contribution in [0.2, 0.25) is 0 Å². The molecule has 1 atom stereocenters. The summed E-state index contributed by atoms with van der Waals surface area (Å²) in [6, 6.07) is 0. The molecule has 0 N–H and O–H groups in total. The van der Waals surface area contributed by atoms with Gasteiger partial charge in [-0.1, -0.05) is 215 Å². The first-order valence-electron chi connectivity index (χ1n) is 25.1. The number of esters is 3. The predicted molar refractivity (Wildman–Crippen MR) is 261 cm³/mol. The van der Waals surface area contributed by atoms with E-state index in [4.69, 9.17) is 14.2 Å². The third kappa shape index (κ3) is 47.5. The SMILES string of the molecule is CC/C=C\C/C=C\C/C=C\C/C=C\C/C=C\C/C=C\C/C=C\CCCCCCCC(=O)OCC(COC(=O)CCCCCCCCC)OC(=O)CCCCCCCCCCC. The van der Waals surface area contributed by atoms with E-state index >= 15 is 0 Å². The Hall–Kier alpha value is -3.41. The Morgan fingerprint density at radius 3 is 1.00 bits per heavy atom. The zero-order chi connectivity index (χ0) is 44.4. The minimum Gasteiger partial charge on any atom is -0.462 e. The van der Waals surface area contributed by atoms with Crippen LogP contribution in [0.1, 0.15) is 226 Å². The van der Waals surface area contributed by atoms with Crippen molar-refractivity contribution in [2.45, 2.75) is 232 Å². The Balaban J connectivity index is 4.18. The van der Waals surface area contributed by atoms with Gasteiger partial charge in [0.1, 0.15) is 13.2 Å². The highest BCUT2D eigenvalue weighted by atomic mass is 16.6. The van der Waals surface area contributed by atoms with Crippen LogP contribution in [0.4, 0.5) is 0 Å². The molecule has 0 aliphatic heterocycles. The molecular weight excluding hydrogens is 757 g/mol. The highest BCUT2D eigenvalue weighted by Gasteiger charge is 2.19. The number of carbonyl (C=O) groups is 3. The largest absolute Gasteiger partial charge is 0.462 e. The Morgan fingerprint density at radius 1 is 0.344 bits per heavy atom. The maximum absolute atomic E-state index is 12.7. The number of allylic oxidation sites excluding steroid dienone is 14. The summed E-state index contributed by atoms with van der Waals surface area (Å²) in [5.74, 6) is -0.914. The molecule has 0 aromatic rings. The van der Waals surface area contributed by atoms with Gasteiger partial charge in [-0.25, -0.2) is 0 Å². The van der Waals surface area contributed by atoms with Crippen LogP contribution in [-0.4, -0.2) is 37.2 Å². The second kappa shape index (κ2) is 49.2. The van der Waals surface area contributed by atoms with Gasteiger partial charge in [-0.15, -0.1) is 0 Å². The number of ether oxygens (including phenoxy) is 3. The standard InChI is InChI=1S/C55H92O6/c1-4-7-10-13-16-18-19-20-21-22-23-24-25-26-27-28-29-30-31-32-33-34-35-37-39-42-45-48-54(57)60-51-52(50-59-53(56)47-44-41-38-15-12-9-6-3)61-55(58)49-46-43-40-36-17-14-11-8-5-2/h7,10,16,18,20-21,23-24,26-27,29-30,32-33,52H,4-6,8-9,11-15,17,19,22,25,28,31,34-51H2,1-3H3/b10-7-,18-16-,21-20-,24-23-,27-26-,30-29-,33-32-. The number of hydrogen-bond donors (Lipinski definition) is 0. The molecule has 0 amide bonds. The summed E-state index contributed by atoms with van der Waals surface area (Å²) >= 11 is 0. The van der Waals surface area contributed by atoms with E-state index in [9.17, 15) is 14.4 Å². The van der Waals surface area contributed by atoms with Gasteiger partial charge in [-0.2, -0.15) is 0 Å². The first-order valence-corrected chi connectivity index (χ1v) is 25.1. The number of rotatable bonds is 44. The van der Waals surface area contributed by atoms with Crippen LogP contribution in [0.5, 0.6) is 0 Å². The lowest BCUT2D eigenvalue weighted by Crippen LogP contribution is -2.30. The molecule has 0 saturated carbocycles. The van der Waals surface area contributed by atoms with Crippen molar-refractivity contribution in [1.82, 2.24) is 0 Å². The summed E-state index contributed by atoms with van der Waals surface area (Å²) in [6.45, 7) is 6.43. The average Bonchev–Trinajstić information content (AvgIpc) is 3.26. The molecule has 6 heteroatoms. The maximum Gasteiger partial charge on any atom is 0.306 e. The van der Waals surface area contributed by atoms with Gasteiger partial charge in [0, 0.05) is 19.3 Å². The molecule has 0 bridgehead atoms. The van der Waals surface area contributed by atoms with Crippen molar-refractivity contribution < 1.29 is 28.6 Å². The quantitative estimate of drug-likeness (QED) is 0.0263. The maximum atomic E-state index is 12.7. The zero-order valence-corrected chi connectivity index (χ0v) is 39.7. The molecule has 0 rings (SSSR count). The molecule has 6 nitrogen and oxygen atoms in total. The topological polar surface area (TPSA) is 78.9 Å². The fourth-order valence-electron chi connectivity index (χ4n) is 6.66. The van der Waals surface area contributed by atoms with Gasteiger partial charge in [0.25, 0.3) is 0 Å². The molecular formula is C55H92O6. The molecule has 0 spiro atoms. The summed E-state index contributed by atoms with van der Waals surface area (Å²) in [5.41, 5.74) is 0. The molecule has 0 aliphatic carbocycles. The number of hydrogen-bond acceptors (Lipinski definition) is 6. The van der Waals surface area contributed by atoms with E-state index in [1.165, 1.54) is 64.2 Å². The van der Waals surface area contributed by atoms with Gasteiger partial charge in [0.15, 0.2) is 6.10 Å². The minimum atomic E-state index is -0.777. The third-order valence-electron chi connectivity index (χ3n) is 10.4. The van der Waals surface area contributed by atoms with Crippen molar-refractivity contribution in [2.24, 2.45) is 0 Å². The fourth-order valence-corrected chi connectivity index (χ4v) is 6.66. The monoisotopic (exact) mass is 849 g/mol. The van der Waals surface area contributed by atoms with Crippen LogP contribution >= 0.6 is 0 Å². The van der Waals surface area contributed by atoms with Gasteiger partial charge in [-0.05, 0) is 77.0 Å². The van der Waals surface area contributed by atoms with Crippen molar-refractivity contribution in [3.05, 3.63) is 85.1 Å². The van der Waals surface area contributed by atoms with Crippen LogP contribution in [-0.2, 0) is 28.6 Å². The molecule has 0 heterocycles. The molecule has 0 aliphatic rings. The third-order valence-corrected chi connectivity index (χ3v) is 10.4. The Labute approximate surface area is 375 Å². The van der Waals surface area contributed by atoms with Gasteiger partial charge in [0.2, 0.25) is 0 Å². The van der Waals surface area contributed by atoms with Crippen molar-refractivity contribution in [2.75, 3.05) is 13.2 Å². The second-order valence-corrected chi connectivity index (χ2v) is 16.4. The number of unbranched alkanes of at least 4 members (excludes halogenated alkanes) is 19. The summed E-state index contributed by atoms with van der Waals surface area (Å²) in [5, 5.41) is 0. The lowest BCUT2D eigenvalue weighted by atomic mass is 10.1. The highest BCUT2D eigenvalue weighted by molar-refractivity contribution is 5.71.